The molecule has 16 heavy (non-hydrogen) atoms. The Morgan fingerprint density at radius 3 is 1.88 bits per heavy atom. The first-order valence-electron chi connectivity index (χ1n) is 5.86. The average molecular weight is 233 g/mol. The molecule has 1 rings (SSSR count). The van der Waals surface area contributed by atoms with Gasteiger partial charge in [0.25, 0.3) is 0 Å². The summed E-state index contributed by atoms with van der Waals surface area (Å²) in [5, 5.41) is 0. The highest BCUT2D eigenvalue weighted by molar-refractivity contribution is 6.75. The molecule has 0 fully saturated rings. The van der Waals surface area contributed by atoms with Crippen LogP contribution in [0.4, 0.5) is 0 Å². The molecular weight excluding hydrogens is 210 g/mol. The molecule has 0 spiro atoms. The first-order chi connectivity index (χ1) is 7.20. The van der Waals surface area contributed by atoms with Crippen LogP contribution >= 0.6 is 0 Å². The lowest BCUT2D eigenvalue weighted by atomic mass is 9.86. The van der Waals surface area contributed by atoms with Crippen molar-refractivity contribution in [3.63, 3.8) is 0 Å². The molecule has 1 nitrogen and oxygen atoms in total. The summed E-state index contributed by atoms with van der Waals surface area (Å²) in [6, 6.07) is 10.5. The van der Waals surface area contributed by atoms with Crippen LogP contribution in [0.25, 0.3) is 0 Å². The van der Waals surface area contributed by atoms with Gasteiger partial charge in [-0.25, -0.2) is 0 Å². The summed E-state index contributed by atoms with van der Waals surface area (Å²) in [4.78, 5) is 0. The molecule has 2 heteroatoms. The summed E-state index contributed by atoms with van der Waals surface area (Å²) >= 11 is 0. The summed E-state index contributed by atoms with van der Waals surface area (Å²) in [5.74, 6) is 0. The lowest BCUT2D eigenvalue weighted by molar-refractivity contribution is 0.593. The van der Waals surface area contributed by atoms with Crippen LogP contribution in [0.1, 0.15) is 26.3 Å². The Balaban J connectivity index is 3.24. The number of nitrogens with zero attached hydrogens (tertiary/aromatic N) is 1. The van der Waals surface area contributed by atoms with Gasteiger partial charge in [-0.15, -0.1) is 0 Å². The molecule has 0 amide bonds. The predicted molar refractivity (Wildman–Crippen MR) is 75.8 cm³/mol. The fourth-order valence-electron chi connectivity index (χ4n) is 1.60. The molecule has 0 saturated carbocycles. The molecule has 0 bridgehead atoms. The van der Waals surface area contributed by atoms with E-state index < -0.39 is 8.24 Å². The minimum Gasteiger partial charge on any atom is -0.325 e. The van der Waals surface area contributed by atoms with E-state index in [-0.39, 0.29) is 5.41 Å². The molecule has 0 aliphatic carbocycles. The van der Waals surface area contributed by atoms with E-state index in [4.69, 9.17) is 4.66 Å². The number of rotatable bonds is 2. The van der Waals surface area contributed by atoms with Crippen LogP contribution in [-0.2, 0) is 0 Å². The normalized spacial score (nSPS) is 14.0. The van der Waals surface area contributed by atoms with Crippen molar-refractivity contribution in [1.29, 1.82) is 0 Å². The van der Waals surface area contributed by atoms with Crippen LogP contribution < -0.4 is 0 Å². The first-order valence-corrected chi connectivity index (χ1v) is 9.31. The minimum atomic E-state index is -1.42. The molecule has 88 valence electrons. The van der Waals surface area contributed by atoms with Crippen LogP contribution in [0.5, 0.6) is 0 Å². The lowest BCUT2D eigenvalue weighted by Gasteiger charge is -2.25. The zero-order valence-electron chi connectivity index (χ0n) is 11.3. The average Bonchev–Trinajstić information content (AvgIpc) is 2.13. The van der Waals surface area contributed by atoms with E-state index in [1.54, 1.807) is 0 Å². The van der Waals surface area contributed by atoms with Crippen LogP contribution in [-0.4, -0.2) is 13.9 Å². The third-order valence-corrected chi connectivity index (χ3v) is 3.10. The van der Waals surface area contributed by atoms with E-state index in [0.717, 1.165) is 0 Å². The molecule has 0 aliphatic rings. The Morgan fingerprint density at radius 2 is 1.50 bits per heavy atom. The highest BCUT2D eigenvalue weighted by atomic mass is 28.3. The largest absolute Gasteiger partial charge is 0.325 e. The van der Waals surface area contributed by atoms with Crippen molar-refractivity contribution in [2.24, 2.45) is 10.1 Å². The summed E-state index contributed by atoms with van der Waals surface area (Å²) in [5.41, 5.74) is 2.62. The van der Waals surface area contributed by atoms with Gasteiger partial charge in [0.1, 0.15) is 0 Å². The third kappa shape index (κ3) is 3.93. The standard InChI is InChI=1S/C14H23NSi/c1-14(2,3)13(15-16(4,5)6)12-10-8-7-9-11-12/h7-11H,1-6H3. The van der Waals surface area contributed by atoms with Gasteiger partial charge < -0.3 is 4.66 Å². The van der Waals surface area contributed by atoms with Crippen molar-refractivity contribution in [2.45, 2.75) is 40.4 Å². The van der Waals surface area contributed by atoms with Gasteiger partial charge in [0.15, 0.2) is 8.24 Å². The van der Waals surface area contributed by atoms with E-state index in [0.29, 0.717) is 0 Å². The number of hydrogen-bond acceptors (Lipinski definition) is 1. The van der Waals surface area contributed by atoms with Gasteiger partial charge in [-0.05, 0) is 25.2 Å². The topological polar surface area (TPSA) is 12.4 Å². The molecule has 0 radical (unpaired) electrons. The van der Waals surface area contributed by atoms with E-state index in [1.807, 2.05) is 0 Å². The van der Waals surface area contributed by atoms with Crippen LogP contribution in [0.3, 0.4) is 0 Å². The van der Waals surface area contributed by atoms with E-state index in [2.05, 4.69) is 70.7 Å². The van der Waals surface area contributed by atoms with E-state index in [1.165, 1.54) is 11.3 Å². The van der Waals surface area contributed by atoms with E-state index in [9.17, 15) is 0 Å². The quantitative estimate of drug-likeness (QED) is 0.532. The monoisotopic (exact) mass is 233 g/mol. The molecule has 0 aliphatic heterocycles. The van der Waals surface area contributed by atoms with Crippen molar-refractivity contribution < 1.29 is 0 Å². The fraction of sp³-hybridized carbons (Fsp3) is 0.500. The second-order valence-corrected chi connectivity index (χ2v) is 10.8. The zero-order valence-corrected chi connectivity index (χ0v) is 12.3. The molecule has 0 atom stereocenters. The molecule has 1 aromatic rings. The molecule has 0 N–H and O–H groups in total. The van der Waals surface area contributed by atoms with Gasteiger partial charge in [-0.1, -0.05) is 51.1 Å². The Labute approximate surface area is 101 Å². The molecule has 0 heterocycles. The van der Waals surface area contributed by atoms with Crippen molar-refractivity contribution in [3.05, 3.63) is 35.9 Å². The van der Waals surface area contributed by atoms with Crippen LogP contribution in [0, 0.1) is 5.41 Å². The van der Waals surface area contributed by atoms with Gasteiger partial charge in [-0.3, -0.25) is 0 Å². The van der Waals surface area contributed by atoms with Gasteiger partial charge in [0.2, 0.25) is 0 Å². The number of hydrogen-bond donors (Lipinski definition) is 0. The van der Waals surface area contributed by atoms with Gasteiger partial charge in [-0.2, -0.15) is 0 Å². The van der Waals surface area contributed by atoms with Crippen molar-refractivity contribution in [2.75, 3.05) is 0 Å². The summed E-state index contributed by atoms with van der Waals surface area (Å²) < 4.78 is 5.01. The highest BCUT2D eigenvalue weighted by Crippen LogP contribution is 2.24. The molecule has 0 aromatic heterocycles. The second kappa shape index (κ2) is 4.54. The predicted octanol–water partition coefficient (Wildman–Crippen LogP) is 4.36. The zero-order chi connectivity index (χ0) is 12.4. The smallest absolute Gasteiger partial charge is 0.172 e. The number of benzene rings is 1. The van der Waals surface area contributed by atoms with Gasteiger partial charge >= 0.3 is 0 Å². The Kier molecular flexibility index (Phi) is 3.74. The molecule has 1 aromatic carbocycles. The van der Waals surface area contributed by atoms with Gasteiger partial charge in [0.05, 0.1) is 0 Å². The maximum Gasteiger partial charge on any atom is 0.172 e. The maximum absolute atomic E-state index is 5.01. The van der Waals surface area contributed by atoms with Gasteiger partial charge in [0, 0.05) is 11.1 Å². The van der Waals surface area contributed by atoms with Crippen molar-refractivity contribution >= 4 is 13.9 Å². The molecule has 0 unspecified atom stereocenters. The minimum absolute atomic E-state index is 0.113. The van der Waals surface area contributed by atoms with Crippen molar-refractivity contribution in [1.82, 2.24) is 0 Å². The molecular formula is C14H23NSi. The third-order valence-electron chi connectivity index (χ3n) is 2.20. The van der Waals surface area contributed by atoms with Crippen molar-refractivity contribution in [3.8, 4) is 0 Å². The second-order valence-electron chi connectivity index (χ2n) is 6.25. The fourth-order valence-corrected chi connectivity index (χ4v) is 2.73. The maximum atomic E-state index is 5.01. The highest BCUT2D eigenvalue weighted by Gasteiger charge is 2.23. The Morgan fingerprint density at radius 1 is 1.00 bits per heavy atom. The first kappa shape index (κ1) is 13.2. The molecule has 0 saturated heterocycles. The Bertz CT molecular complexity index is 366. The van der Waals surface area contributed by atoms with Crippen LogP contribution in [0.15, 0.2) is 35.0 Å². The summed E-state index contributed by atoms with van der Waals surface area (Å²) in [7, 11) is -1.42. The van der Waals surface area contributed by atoms with E-state index >= 15 is 0 Å². The summed E-state index contributed by atoms with van der Waals surface area (Å²) in [6.45, 7) is 13.5. The SMILES string of the molecule is CC(C)(C)C(=N[Si](C)(C)C)c1ccccc1. The lowest BCUT2D eigenvalue weighted by Crippen LogP contribution is -2.28. The van der Waals surface area contributed by atoms with Crippen LogP contribution in [0.2, 0.25) is 19.6 Å². The Hall–Kier alpha value is -0.893. The summed E-state index contributed by atoms with van der Waals surface area (Å²) in [6.07, 6.45) is 0.